The maximum absolute atomic E-state index is 13.7. The molecule has 2 fully saturated rings. The molecule has 2 aromatic carbocycles. The molecule has 6 rings (SSSR count). The summed E-state index contributed by atoms with van der Waals surface area (Å²) in [6.07, 6.45) is 8.01. The molecule has 1 aliphatic carbocycles. The van der Waals surface area contributed by atoms with E-state index >= 15 is 0 Å². The molecule has 1 aromatic heterocycles. The number of nitrogens with one attached hydrogen (secondary N) is 1. The maximum atomic E-state index is 13.7. The van der Waals surface area contributed by atoms with E-state index in [0.29, 0.717) is 36.7 Å². The van der Waals surface area contributed by atoms with Crippen molar-refractivity contribution in [1.82, 2.24) is 18.5 Å². The zero-order valence-corrected chi connectivity index (χ0v) is 26.2. The molecule has 0 atom stereocenters. The largest absolute Gasteiger partial charge is 0.497 e. The molecular formula is C33H43N5O3S. The molecule has 2 amide bonds. The van der Waals surface area contributed by atoms with Crippen LogP contribution >= 0.6 is 12.1 Å². The smallest absolute Gasteiger partial charge is 0.262 e. The zero-order chi connectivity index (χ0) is 30.0. The van der Waals surface area contributed by atoms with E-state index in [1.54, 1.807) is 7.11 Å². The van der Waals surface area contributed by atoms with Gasteiger partial charge in [0.1, 0.15) is 5.75 Å². The van der Waals surface area contributed by atoms with Crippen LogP contribution in [0.25, 0.3) is 28.2 Å². The van der Waals surface area contributed by atoms with E-state index in [4.69, 9.17) is 10.5 Å². The molecule has 1 saturated carbocycles. The van der Waals surface area contributed by atoms with E-state index in [-0.39, 0.29) is 17.9 Å². The van der Waals surface area contributed by atoms with Crippen LogP contribution in [0.3, 0.4) is 0 Å². The molecule has 0 radical (unpaired) electrons. The van der Waals surface area contributed by atoms with Gasteiger partial charge in [0.05, 0.1) is 19.3 Å². The minimum absolute atomic E-state index is 0.0145. The van der Waals surface area contributed by atoms with Gasteiger partial charge >= 0.3 is 0 Å². The van der Waals surface area contributed by atoms with Crippen LogP contribution in [0.15, 0.2) is 42.0 Å². The van der Waals surface area contributed by atoms with Gasteiger partial charge in [-0.15, -0.1) is 0 Å². The number of carbonyl (C=O) groups is 2. The predicted molar refractivity (Wildman–Crippen MR) is 172 cm³/mol. The van der Waals surface area contributed by atoms with Gasteiger partial charge in [-0.3, -0.25) is 14.3 Å². The Morgan fingerprint density at radius 1 is 1.05 bits per heavy atom. The molecule has 9 heteroatoms. The molecule has 3 N–H and O–H groups in total. The number of nitrogens with two attached hydrogens (primary N) is 1. The molecule has 3 aliphatic rings. The first-order chi connectivity index (χ1) is 20.3. The summed E-state index contributed by atoms with van der Waals surface area (Å²) in [6.45, 7) is 5.57. The fourth-order valence-electron chi connectivity index (χ4n) is 6.39. The van der Waals surface area contributed by atoms with Crippen molar-refractivity contribution < 1.29 is 14.3 Å². The Morgan fingerprint density at radius 3 is 2.45 bits per heavy atom. The Kier molecular flexibility index (Phi) is 9.30. The number of ether oxygens (including phenoxy) is 1. The van der Waals surface area contributed by atoms with Gasteiger partial charge in [0.25, 0.3) is 11.8 Å². The Labute approximate surface area is 253 Å². The molecule has 224 valence electrons. The lowest BCUT2D eigenvalue weighted by molar-refractivity contribution is -0.131. The first-order valence-corrected chi connectivity index (χ1v) is 15.9. The van der Waals surface area contributed by atoms with Crippen molar-refractivity contribution in [2.75, 3.05) is 34.3 Å². The van der Waals surface area contributed by atoms with Gasteiger partial charge in [-0.1, -0.05) is 39.2 Å². The highest BCUT2D eigenvalue weighted by Gasteiger charge is 2.34. The normalized spacial score (nSPS) is 16.9. The number of hydrogen-bond donors (Lipinski definition) is 2. The number of nitrogens with zero attached hydrogens (tertiary/aromatic N) is 3. The molecule has 1 saturated heterocycles. The summed E-state index contributed by atoms with van der Waals surface area (Å²) in [5.74, 6) is 1.06. The van der Waals surface area contributed by atoms with E-state index in [2.05, 4.69) is 21.4 Å². The van der Waals surface area contributed by atoms with Gasteiger partial charge in [0.15, 0.2) is 0 Å². The number of rotatable bonds is 6. The van der Waals surface area contributed by atoms with Crippen LogP contribution in [-0.2, 0) is 11.3 Å². The van der Waals surface area contributed by atoms with Crippen LogP contribution in [0.2, 0.25) is 0 Å². The molecule has 8 nitrogen and oxygen atoms in total. The predicted octanol–water partition coefficient (Wildman–Crippen LogP) is 5.81. The highest BCUT2D eigenvalue weighted by atomic mass is 32.2. The van der Waals surface area contributed by atoms with E-state index in [1.807, 2.05) is 67.5 Å². The van der Waals surface area contributed by atoms with Gasteiger partial charge in [0, 0.05) is 58.9 Å². The molecule has 0 bridgehead atoms. The number of carbonyl (C=O) groups excluding carboxylic acids is 2. The van der Waals surface area contributed by atoms with Crippen LogP contribution in [0.1, 0.15) is 73.4 Å². The van der Waals surface area contributed by atoms with Crippen molar-refractivity contribution in [3.8, 4) is 17.0 Å². The average Bonchev–Trinajstić information content (AvgIpc) is 3.21. The van der Waals surface area contributed by atoms with Gasteiger partial charge < -0.3 is 19.9 Å². The standard InChI is InChI=1S/C31H37N5O3S.C2H6/c1-34(2)40-33-30(37)20-9-11-26-27(15-20)36-16-22(31(38)35-17-23(32)18-35)13-21-14-24(39-3)10-12-25(21)29(36)28(26)19-7-5-4-6-8-19;1-2/h9-15,19,23H,4-8,16-18,32H2,1-3H3,(H,33,37);1-2H3. The van der Waals surface area contributed by atoms with Crippen molar-refractivity contribution in [2.45, 2.75) is 64.5 Å². The summed E-state index contributed by atoms with van der Waals surface area (Å²) < 4.78 is 12.6. The van der Waals surface area contributed by atoms with Gasteiger partial charge in [-0.05, 0) is 80.4 Å². The molecule has 3 aromatic rings. The summed E-state index contributed by atoms with van der Waals surface area (Å²) in [5.41, 5.74) is 12.9. The van der Waals surface area contributed by atoms with E-state index in [9.17, 15) is 9.59 Å². The van der Waals surface area contributed by atoms with Crippen LogP contribution in [-0.4, -0.2) is 65.9 Å². The zero-order valence-electron chi connectivity index (χ0n) is 25.4. The van der Waals surface area contributed by atoms with Crippen molar-refractivity contribution >= 4 is 40.9 Å². The molecular weight excluding hydrogens is 546 g/mol. The fraction of sp³-hybridized carbons (Fsp3) is 0.455. The maximum Gasteiger partial charge on any atom is 0.262 e. The molecule has 42 heavy (non-hydrogen) atoms. The first-order valence-electron chi connectivity index (χ1n) is 15.1. The van der Waals surface area contributed by atoms with E-state index < -0.39 is 0 Å². The van der Waals surface area contributed by atoms with Crippen LogP contribution in [0, 0.1) is 0 Å². The number of benzene rings is 2. The quantitative estimate of drug-likeness (QED) is 0.353. The number of likely N-dealkylation sites (tertiary alicyclic amines) is 1. The topological polar surface area (TPSA) is 92.8 Å². The minimum atomic E-state index is -0.143. The summed E-state index contributed by atoms with van der Waals surface area (Å²) in [5, 5.41) is 1.17. The Morgan fingerprint density at radius 2 is 1.79 bits per heavy atom. The van der Waals surface area contributed by atoms with Gasteiger partial charge in [-0.25, -0.2) is 4.31 Å². The molecule has 0 unspecified atom stereocenters. The summed E-state index contributed by atoms with van der Waals surface area (Å²) in [7, 11) is 5.45. The van der Waals surface area contributed by atoms with Crippen LogP contribution in [0.4, 0.5) is 0 Å². The molecule has 2 aliphatic heterocycles. The lowest BCUT2D eigenvalue weighted by Crippen LogP contribution is -2.58. The second-order valence-corrected chi connectivity index (χ2v) is 12.5. The third-order valence-corrected chi connectivity index (χ3v) is 8.99. The van der Waals surface area contributed by atoms with Gasteiger partial charge in [-0.2, -0.15) is 0 Å². The minimum Gasteiger partial charge on any atom is -0.497 e. The number of amides is 2. The lowest BCUT2D eigenvalue weighted by atomic mass is 9.81. The highest BCUT2D eigenvalue weighted by Crippen LogP contribution is 2.47. The third-order valence-electron chi connectivity index (χ3n) is 8.34. The van der Waals surface area contributed by atoms with E-state index in [1.165, 1.54) is 42.3 Å². The Bertz CT molecular complexity index is 1500. The van der Waals surface area contributed by atoms with Crippen molar-refractivity contribution in [3.63, 3.8) is 0 Å². The summed E-state index contributed by atoms with van der Waals surface area (Å²) in [6, 6.07) is 12.2. The second kappa shape index (κ2) is 12.9. The SMILES string of the molecule is CC.COc1ccc2c(c1)C=C(C(=O)N1CC(N)C1)Cn1c-2c(C2CCCCC2)c2ccc(C(=O)NSN(C)C)cc21. The number of hydrogen-bond acceptors (Lipinski definition) is 6. The highest BCUT2D eigenvalue weighted by molar-refractivity contribution is 7.95. The third kappa shape index (κ3) is 5.82. The molecule has 0 spiro atoms. The number of aromatic nitrogens is 1. The van der Waals surface area contributed by atoms with Crippen LogP contribution < -0.4 is 15.2 Å². The summed E-state index contributed by atoms with van der Waals surface area (Å²) in [4.78, 5) is 28.6. The van der Waals surface area contributed by atoms with Crippen molar-refractivity contribution in [1.29, 1.82) is 0 Å². The monoisotopic (exact) mass is 589 g/mol. The van der Waals surface area contributed by atoms with Crippen LogP contribution in [0.5, 0.6) is 5.75 Å². The van der Waals surface area contributed by atoms with Gasteiger partial charge in [0.2, 0.25) is 0 Å². The fourth-order valence-corrected chi connectivity index (χ4v) is 6.77. The Balaban J connectivity index is 0.00000173. The van der Waals surface area contributed by atoms with Crippen molar-refractivity contribution in [2.24, 2.45) is 5.73 Å². The Hall–Kier alpha value is -3.27. The summed E-state index contributed by atoms with van der Waals surface area (Å²) >= 11 is 1.26. The van der Waals surface area contributed by atoms with Crippen molar-refractivity contribution in [3.05, 3.63) is 58.7 Å². The second-order valence-electron chi connectivity index (χ2n) is 11.3. The lowest BCUT2D eigenvalue weighted by Gasteiger charge is -2.37. The van der Waals surface area contributed by atoms with E-state index in [0.717, 1.165) is 40.9 Å². The first kappa shape index (κ1) is 30.2. The average molecular weight is 590 g/mol. The number of fused-ring (bicyclic) bond motifs is 5. The number of methoxy groups -OCH3 is 1. The molecule has 3 heterocycles.